The third-order valence-corrected chi connectivity index (χ3v) is 8.47. The van der Waals surface area contributed by atoms with Gasteiger partial charge in [0.25, 0.3) is 5.91 Å². The smallest absolute Gasteiger partial charge is 0.266 e. The van der Waals surface area contributed by atoms with Gasteiger partial charge in [-0.25, -0.2) is 10.4 Å². The Morgan fingerprint density at radius 2 is 1.79 bits per heavy atom. The molecule has 0 radical (unpaired) electrons. The number of amides is 1. The van der Waals surface area contributed by atoms with Crippen molar-refractivity contribution in [2.24, 2.45) is 10.9 Å². The van der Waals surface area contributed by atoms with E-state index in [1.54, 1.807) is 18.2 Å². The summed E-state index contributed by atoms with van der Waals surface area (Å²) in [5.41, 5.74) is 7.12. The summed E-state index contributed by atoms with van der Waals surface area (Å²) in [6.07, 6.45) is 6.07. The van der Waals surface area contributed by atoms with Crippen molar-refractivity contribution in [3.05, 3.63) is 99.5 Å². The first-order chi connectivity index (χ1) is 20.5. The van der Waals surface area contributed by atoms with Crippen LogP contribution in [0.5, 0.6) is 5.75 Å². The quantitative estimate of drug-likeness (QED) is 0.162. The van der Waals surface area contributed by atoms with Gasteiger partial charge in [0.15, 0.2) is 11.6 Å². The second kappa shape index (κ2) is 14.4. The summed E-state index contributed by atoms with van der Waals surface area (Å²) >= 11 is 13.0. The minimum Gasteiger partial charge on any atom is -0.494 e. The van der Waals surface area contributed by atoms with Crippen molar-refractivity contribution in [2.75, 3.05) is 19.8 Å². The summed E-state index contributed by atoms with van der Waals surface area (Å²) in [7, 11) is 0. The molecule has 0 saturated heterocycles. The second-order valence-corrected chi connectivity index (χ2v) is 11.8. The molecule has 1 fully saturated rings. The Morgan fingerprint density at radius 3 is 2.50 bits per heavy atom. The van der Waals surface area contributed by atoms with Gasteiger partial charge in [-0.15, -0.1) is 0 Å². The van der Waals surface area contributed by atoms with Gasteiger partial charge in [-0.05, 0) is 60.7 Å². The zero-order valence-electron chi connectivity index (χ0n) is 23.5. The van der Waals surface area contributed by atoms with Crippen LogP contribution in [-0.4, -0.2) is 42.2 Å². The summed E-state index contributed by atoms with van der Waals surface area (Å²) in [4.78, 5) is 19.3. The Bertz CT molecular complexity index is 1360. The molecule has 3 aromatic rings. The number of carbonyl (C=O) groups excluding carboxylic acids is 1. The van der Waals surface area contributed by atoms with Gasteiger partial charge in [-0.2, -0.15) is 0 Å². The lowest BCUT2D eigenvalue weighted by Crippen LogP contribution is -2.54. The van der Waals surface area contributed by atoms with Gasteiger partial charge >= 0.3 is 0 Å². The molecule has 1 aliphatic carbocycles. The topological polar surface area (TPSA) is 92.2 Å². The summed E-state index contributed by atoms with van der Waals surface area (Å²) in [5.74, 6) is 1.24. The number of nitrogens with one attached hydrogen (secondary N) is 2. The van der Waals surface area contributed by atoms with Gasteiger partial charge in [0.2, 0.25) is 5.90 Å². The molecule has 1 saturated carbocycles. The molecule has 2 aliphatic rings. The molecular weight excluding hydrogens is 573 g/mol. The van der Waals surface area contributed by atoms with Gasteiger partial charge in [0.1, 0.15) is 5.75 Å². The highest BCUT2D eigenvalue weighted by Crippen LogP contribution is 2.45. The van der Waals surface area contributed by atoms with Crippen LogP contribution < -0.4 is 15.6 Å². The molecule has 0 spiro atoms. The first kappa shape index (κ1) is 30.4. The van der Waals surface area contributed by atoms with E-state index in [1.165, 1.54) is 19.3 Å². The number of aliphatic imine (C=N–C) groups is 1. The largest absolute Gasteiger partial charge is 0.494 e. The fourth-order valence-corrected chi connectivity index (χ4v) is 6.16. The first-order valence-electron chi connectivity index (χ1n) is 14.6. The molecule has 0 bridgehead atoms. The molecule has 222 valence electrons. The average Bonchev–Trinajstić information content (AvgIpc) is 3.38. The van der Waals surface area contributed by atoms with Crippen molar-refractivity contribution in [2.45, 2.75) is 56.6 Å². The first-order valence-corrected chi connectivity index (χ1v) is 15.4. The van der Waals surface area contributed by atoms with Crippen LogP contribution in [0.4, 0.5) is 0 Å². The predicted molar refractivity (Wildman–Crippen MR) is 166 cm³/mol. The van der Waals surface area contributed by atoms with Gasteiger partial charge in [0, 0.05) is 47.2 Å². The van der Waals surface area contributed by atoms with Crippen molar-refractivity contribution in [1.82, 2.24) is 10.9 Å². The van der Waals surface area contributed by atoms with Crippen molar-refractivity contribution in [3.63, 3.8) is 0 Å². The van der Waals surface area contributed by atoms with Crippen LogP contribution in [0, 0.1) is 5.92 Å². The van der Waals surface area contributed by atoms with Crippen molar-refractivity contribution < 1.29 is 19.4 Å². The standard InChI is InChI=1S/C33H37Cl2N3O4/c34-26-14-17-28(29(35)20-26)30-33(21-23-8-3-1-4-9-23,32(40)38-36-22-24-10-5-2-6-11-24)37-31(42-30)25-12-15-27(16-13-25)41-19-7-18-39/h1,3-4,8-9,12-17,20,24,30,36,39H,2,5-7,10-11,18-19,21-22H2,(H,38,40)/t30-,33-/m0/s1. The van der Waals surface area contributed by atoms with E-state index in [2.05, 4.69) is 10.9 Å². The minimum absolute atomic E-state index is 0.0679. The highest BCUT2D eigenvalue weighted by Gasteiger charge is 2.54. The molecule has 0 aromatic heterocycles. The second-order valence-electron chi connectivity index (χ2n) is 11.0. The SMILES string of the molecule is O=C(NNCC1CCCCC1)[C@@]1(Cc2ccccc2)N=C(c2ccc(OCCCO)cc2)O[C@H]1c1ccc(Cl)cc1Cl. The molecule has 1 aliphatic heterocycles. The summed E-state index contributed by atoms with van der Waals surface area (Å²) < 4.78 is 12.2. The highest BCUT2D eigenvalue weighted by molar-refractivity contribution is 6.35. The normalized spacial score (nSPS) is 20.5. The fraction of sp³-hybridized carbons (Fsp3) is 0.394. The number of hydrazine groups is 1. The molecule has 1 heterocycles. The molecule has 0 unspecified atom stereocenters. The maximum absolute atomic E-state index is 14.3. The van der Waals surface area contributed by atoms with E-state index in [1.807, 2.05) is 54.6 Å². The zero-order valence-corrected chi connectivity index (χ0v) is 25.0. The van der Waals surface area contributed by atoms with E-state index in [9.17, 15) is 4.79 Å². The average molecular weight is 611 g/mol. The third kappa shape index (κ3) is 7.27. The van der Waals surface area contributed by atoms with Crippen molar-refractivity contribution >= 4 is 35.0 Å². The van der Waals surface area contributed by atoms with Crippen LogP contribution in [0.25, 0.3) is 0 Å². The lowest BCUT2D eigenvalue weighted by Gasteiger charge is -2.31. The van der Waals surface area contributed by atoms with Gasteiger partial charge in [0.05, 0.1) is 6.61 Å². The number of hydrogen-bond acceptors (Lipinski definition) is 6. The van der Waals surface area contributed by atoms with E-state index in [0.29, 0.717) is 64.7 Å². The number of hydrogen-bond donors (Lipinski definition) is 3. The Labute approximate surface area is 257 Å². The molecule has 2 atom stereocenters. The van der Waals surface area contributed by atoms with Crippen molar-refractivity contribution in [1.29, 1.82) is 0 Å². The minimum atomic E-state index is -1.36. The van der Waals surface area contributed by atoms with E-state index in [0.717, 1.165) is 18.4 Å². The van der Waals surface area contributed by atoms with E-state index < -0.39 is 11.6 Å². The van der Waals surface area contributed by atoms with Crippen molar-refractivity contribution in [3.8, 4) is 5.75 Å². The lowest BCUT2D eigenvalue weighted by molar-refractivity contribution is -0.130. The van der Waals surface area contributed by atoms with E-state index >= 15 is 0 Å². The van der Waals surface area contributed by atoms with Crippen LogP contribution >= 0.6 is 23.2 Å². The number of halogens is 2. The molecule has 3 N–H and O–H groups in total. The van der Waals surface area contributed by atoms with Gasteiger partial charge in [-0.3, -0.25) is 10.2 Å². The molecule has 9 heteroatoms. The molecular formula is C33H37Cl2N3O4. The van der Waals surface area contributed by atoms with Crippen LogP contribution in [0.15, 0.2) is 77.8 Å². The van der Waals surface area contributed by atoms with Crippen LogP contribution in [0.1, 0.15) is 61.3 Å². The number of aliphatic hydroxyl groups is 1. The monoisotopic (exact) mass is 609 g/mol. The summed E-state index contributed by atoms with van der Waals surface area (Å²) in [6.45, 7) is 1.19. The Balaban J connectivity index is 1.50. The number of carbonyl (C=O) groups is 1. The zero-order chi connectivity index (χ0) is 29.4. The molecule has 42 heavy (non-hydrogen) atoms. The van der Waals surface area contributed by atoms with Crippen LogP contribution in [-0.2, 0) is 16.0 Å². The molecule has 3 aromatic carbocycles. The number of nitrogens with zero attached hydrogens (tertiary/aromatic N) is 1. The Hall–Kier alpha value is -3.10. The van der Waals surface area contributed by atoms with Crippen LogP contribution in [0.2, 0.25) is 10.0 Å². The maximum Gasteiger partial charge on any atom is 0.266 e. The molecule has 5 rings (SSSR count). The highest BCUT2D eigenvalue weighted by atomic mass is 35.5. The summed E-state index contributed by atoms with van der Waals surface area (Å²) in [5, 5.41) is 9.93. The maximum atomic E-state index is 14.3. The number of ether oxygens (including phenoxy) is 2. The Morgan fingerprint density at radius 1 is 1.02 bits per heavy atom. The number of benzene rings is 3. The predicted octanol–water partition coefficient (Wildman–Crippen LogP) is 6.46. The van der Waals surface area contributed by atoms with E-state index in [4.69, 9.17) is 42.8 Å². The fourth-order valence-electron chi connectivity index (χ4n) is 5.66. The Kier molecular flexibility index (Phi) is 10.4. The summed E-state index contributed by atoms with van der Waals surface area (Å²) in [6, 6.07) is 22.4. The van der Waals surface area contributed by atoms with Crippen LogP contribution in [0.3, 0.4) is 0 Å². The lowest BCUT2D eigenvalue weighted by atomic mass is 9.82. The van der Waals surface area contributed by atoms with Gasteiger partial charge < -0.3 is 14.6 Å². The van der Waals surface area contributed by atoms with Gasteiger partial charge in [-0.1, -0.05) is 78.9 Å². The number of aliphatic hydroxyl groups excluding tert-OH is 1. The molecule has 1 amide bonds. The number of rotatable bonds is 12. The molecule has 7 nitrogen and oxygen atoms in total. The van der Waals surface area contributed by atoms with E-state index in [-0.39, 0.29) is 12.5 Å². The third-order valence-electron chi connectivity index (χ3n) is 7.91.